The first kappa shape index (κ1) is 22.3. The highest BCUT2D eigenvalue weighted by Crippen LogP contribution is 2.39. The lowest BCUT2D eigenvalue weighted by Crippen LogP contribution is -2.29. The molecule has 2 aromatic carbocycles. The number of rotatable bonds is 7. The fraction of sp³-hybridized carbons (Fsp3) is 0.240. The molecule has 5 rings (SSSR count). The van der Waals surface area contributed by atoms with Gasteiger partial charge in [0.15, 0.2) is 16.9 Å². The van der Waals surface area contributed by atoms with Crippen LogP contribution in [0.1, 0.15) is 18.9 Å². The van der Waals surface area contributed by atoms with E-state index in [0.717, 1.165) is 22.9 Å². The zero-order chi connectivity index (χ0) is 24.5. The van der Waals surface area contributed by atoms with Gasteiger partial charge in [0.25, 0.3) is 11.5 Å². The van der Waals surface area contributed by atoms with Crippen LogP contribution in [0, 0.1) is 0 Å². The number of hydrogen-bond acceptors (Lipinski definition) is 6. The Labute approximate surface area is 199 Å². The molecule has 35 heavy (non-hydrogen) atoms. The Hall–Kier alpha value is -4.47. The van der Waals surface area contributed by atoms with Crippen LogP contribution < -0.4 is 11.2 Å². The predicted molar refractivity (Wildman–Crippen MR) is 134 cm³/mol. The Morgan fingerprint density at radius 2 is 1.71 bits per heavy atom. The molecule has 3 heterocycles. The lowest BCUT2D eigenvalue weighted by Gasteiger charge is -2.06. The molecular formula is C25H25N7O3. The monoisotopic (exact) mass is 471 g/mol. The number of aromatic amines is 1. The number of nitrogens with one attached hydrogen (secondary N) is 1. The van der Waals surface area contributed by atoms with Gasteiger partial charge in [0, 0.05) is 25.5 Å². The summed E-state index contributed by atoms with van der Waals surface area (Å²) in [6, 6.07) is 17.4. The van der Waals surface area contributed by atoms with E-state index in [1.54, 1.807) is 16.2 Å². The number of nitrogens with zero attached hydrogens (tertiary/aromatic N) is 6. The number of imidazole rings is 1. The lowest BCUT2D eigenvalue weighted by atomic mass is 10.1. The molecular weight excluding hydrogens is 446 g/mol. The van der Waals surface area contributed by atoms with Gasteiger partial charge in [0.1, 0.15) is 0 Å². The van der Waals surface area contributed by atoms with Gasteiger partial charge in [-0.25, -0.2) is 4.79 Å². The quantitative estimate of drug-likeness (QED) is 0.346. The molecule has 0 fully saturated rings. The molecule has 0 aliphatic heterocycles. The van der Waals surface area contributed by atoms with Crippen molar-refractivity contribution in [2.45, 2.75) is 32.9 Å². The van der Waals surface area contributed by atoms with E-state index in [9.17, 15) is 14.7 Å². The van der Waals surface area contributed by atoms with Crippen LogP contribution in [0.2, 0.25) is 0 Å². The lowest BCUT2D eigenvalue weighted by molar-refractivity contribution is 0.421. The van der Waals surface area contributed by atoms with Gasteiger partial charge in [-0.2, -0.15) is 4.98 Å². The van der Waals surface area contributed by atoms with E-state index in [0.29, 0.717) is 25.2 Å². The average Bonchev–Trinajstić information content (AvgIpc) is 3.36. The number of H-pyrrole nitrogens is 1. The van der Waals surface area contributed by atoms with Crippen molar-refractivity contribution in [2.75, 3.05) is 0 Å². The van der Waals surface area contributed by atoms with Crippen LogP contribution >= 0.6 is 0 Å². The van der Waals surface area contributed by atoms with E-state index >= 15 is 0 Å². The molecule has 0 atom stereocenters. The smallest absolute Gasteiger partial charge is 0.329 e. The Morgan fingerprint density at radius 3 is 2.49 bits per heavy atom. The molecule has 10 heteroatoms. The third kappa shape index (κ3) is 3.92. The van der Waals surface area contributed by atoms with E-state index in [1.165, 1.54) is 4.57 Å². The van der Waals surface area contributed by atoms with E-state index < -0.39 is 11.2 Å². The van der Waals surface area contributed by atoms with Crippen molar-refractivity contribution in [3.8, 4) is 5.88 Å². The minimum absolute atomic E-state index is 0.0222. The number of hydrogen-bond donors (Lipinski definition) is 2. The SMILES string of the molecule is CCCn1c(O)c(N=Nc2nc3c(c(=O)[nH]c(=O)n3C)n2CCc2ccccc2)c2ccccc21. The normalized spacial score (nSPS) is 11.8. The summed E-state index contributed by atoms with van der Waals surface area (Å²) in [6.07, 6.45) is 1.47. The topological polar surface area (TPSA) is 123 Å². The molecule has 5 aromatic rings. The molecule has 0 spiro atoms. The Bertz CT molecular complexity index is 1670. The zero-order valence-electron chi connectivity index (χ0n) is 19.5. The van der Waals surface area contributed by atoms with Crippen LogP contribution in [0.4, 0.5) is 11.6 Å². The van der Waals surface area contributed by atoms with Crippen molar-refractivity contribution in [1.29, 1.82) is 0 Å². The van der Waals surface area contributed by atoms with Crippen molar-refractivity contribution < 1.29 is 5.11 Å². The maximum Gasteiger partial charge on any atom is 0.329 e. The van der Waals surface area contributed by atoms with Crippen LogP contribution in [-0.4, -0.2) is 28.8 Å². The molecule has 0 radical (unpaired) electrons. The van der Waals surface area contributed by atoms with Crippen LogP contribution in [0.15, 0.2) is 74.4 Å². The summed E-state index contributed by atoms with van der Waals surface area (Å²) in [4.78, 5) is 31.7. The first-order valence-electron chi connectivity index (χ1n) is 11.4. The third-order valence-electron chi connectivity index (χ3n) is 6.06. The number of aromatic hydroxyl groups is 1. The van der Waals surface area contributed by atoms with Crippen LogP contribution in [0.3, 0.4) is 0 Å². The van der Waals surface area contributed by atoms with Crippen molar-refractivity contribution in [3.63, 3.8) is 0 Å². The zero-order valence-corrected chi connectivity index (χ0v) is 19.5. The molecule has 2 N–H and O–H groups in total. The number of aryl methyl sites for hydroxylation is 4. The Kier molecular flexibility index (Phi) is 5.77. The highest BCUT2D eigenvalue weighted by atomic mass is 16.3. The predicted octanol–water partition coefficient (Wildman–Crippen LogP) is 4.15. The number of para-hydroxylation sites is 1. The third-order valence-corrected chi connectivity index (χ3v) is 6.06. The molecule has 0 bridgehead atoms. The van der Waals surface area contributed by atoms with Gasteiger partial charge in [-0.15, -0.1) is 10.2 Å². The van der Waals surface area contributed by atoms with Crippen molar-refractivity contribution in [3.05, 3.63) is 81.0 Å². The van der Waals surface area contributed by atoms with Gasteiger partial charge in [-0.3, -0.25) is 14.3 Å². The second-order valence-electron chi connectivity index (χ2n) is 8.33. The average molecular weight is 472 g/mol. The van der Waals surface area contributed by atoms with Gasteiger partial charge in [0.2, 0.25) is 5.88 Å². The Balaban J connectivity index is 1.65. The standard InChI is InChI=1S/C25H25N7O3/c1-3-14-31-18-12-8-7-11-17(18)19(23(31)34)28-29-24-26-21-20(22(33)27-25(35)30(21)2)32(24)15-13-16-9-5-4-6-10-16/h4-12,34H,3,13-15H2,1-2H3,(H,27,33,35). The van der Waals surface area contributed by atoms with E-state index in [2.05, 4.69) is 20.2 Å². The second-order valence-corrected chi connectivity index (χ2v) is 8.33. The molecule has 178 valence electrons. The number of benzene rings is 2. The minimum atomic E-state index is -0.557. The first-order valence-corrected chi connectivity index (χ1v) is 11.4. The second kappa shape index (κ2) is 9.05. The Morgan fingerprint density at radius 1 is 0.971 bits per heavy atom. The summed E-state index contributed by atoms with van der Waals surface area (Å²) in [5.41, 5.74) is 1.65. The van der Waals surface area contributed by atoms with E-state index in [4.69, 9.17) is 0 Å². The fourth-order valence-corrected chi connectivity index (χ4v) is 4.31. The van der Waals surface area contributed by atoms with Crippen molar-refractivity contribution in [1.82, 2.24) is 23.7 Å². The fourth-order valence-electron chi connectivity index (χ4n) is 4.31. The number of aromatic nitrogens is 5. The maximum atomic E-state index is 12.7. The summed E-state index contributed by atoms with van der Waals surface area (Å²) in [5, 5.41) is 20.4. The van der Waals surface area contributed by atoms with E-state index in [-0.39, 0.29) is 23.0 Å². The van der Waals surface area contributed by atoms with Crippen molar-refractivity contribution >= 4 is 33.7 Å². The number of fused-ring (bicyclic) bond motifs is 2. The van der Waals surface area contributed by atoms with Crippen LogP contribution in [0.25, 0.3) is 22.1 Å². The van der Waals surface area contributed by atoms with Gasteiger partial charge < -0.3 is 14.2 Å². The minimum Gasteiger partial charge on any atom is -0.493 e. The largest absolute Gasteiger partial charge is 0.493 e. The van der Waals surface area contributed by atoms with Crippen molar-refractivity contribution in [2.24, 2.45) is 17.3 Å². The summed E-state index contributed by atoms with van der Waals surface area (Å²) >= 11 is 0. The first-order chi connectivity index (χ1) is 17.0. The van der Waals surface area contributed by atoms with Crippen LogP contribution in [0.5, 0.6) is 5.88 Å². The summed E-state index contributed by atoms with van der Waals surface area (Å²) < 4.78 is 4.74. The molecule has 0 aliphatic carbocycles. The maximum absolute atomic E-state index is 12.7. The van der Waals surface area contributed by atoms with Crippen LogP contribution in [-0.2, 0) is 26.6 Å². The molecule has 3 aromatic heterocycles. The van der Waals surface area contributed by atoms with Gasteiger partial charge in [0.05, 0.1) is 5.52 Å². The van der Waals surface area contributed by atoms with E-state index in [1.807, 2.05) is 61.5 Å². The number of azo groups is 1. The highest BCUT2D eigenvalue weighted by Gasteiger charge is 2.19. The summed E-state index contributed by atoms with van der Waals surface area (Å²) in [6.45, 7) is 3.07. The summed E-state index contributed by atoms with van der Waals surface area (Å²) in [5.74, 6) is 0.198. The van der Waals surface area contributed by atoms with Gasteiger partial charge in [-0.1, -0.05) is 55.5 Å². The molecule has 0 unspecified atom stereocenters. The van der Waals surface area contributed by atoms with Gasteiger partial charge >= 0.3 is 5.69 Å². The summed E-state index contributed by atoms with van der Waals surface area (Å²) in [7, 11) is 1.54. The molecule has 0 amide bonds. The molecule has 10 nitrogen and oxygen atoms in total. The van der Waals surface area contributed by atoms with Gasteiger partial charge in [-0.05, 0) is 24.5 Å². The molecule has 0 saturated carbocycles. The molecule has 0 aliphatic rings. The molecule has 0 saturated heterocycles. The highest BCUT2D eigenvalue weighted by molar-refractivity contribution is 5.95.